The van der Waals surface area contributed by atoms with Gasteiger partial charge in [0.1, 0.15) is 0 Å². The third-order valence-corrected chi connectivity index (χ3v) is 4.43. The zero-order valence-corrected chi connectivity index (χ0v) is 12.1. The van der Waals surface area contributed by atoms with E-state index >= 15 is 0 Å². The number of aromatic amines is 1. The number of rotatable bonds is 2. The van der Waals surface area contributed by atoms with Gasteiger partial charge in [-0.25, -0.2) is 0 Å². The lowest BCUT2D eigenvalue weighted by Crippen LogP contribution is -2.49. The fourth-order valence-corrected chi connectivity index (χ4v) is 3.20. The molecule has 0 spiro atoms. The summed E-state index contributed by atoms with van der Waals surface area (Å²) in [6.45, 7) is 3.41. The summed E-state index contributed by atoms with van der Waals surface area (Å²) in [5.74, 6) is 0.719. The molecule has 1 aliphatic carbocycles. The Hall–Kier alpha value is -1.88. The van der Waals surface area contributed by atoms with Crippen molar-refractivity contribution in [3.05, 3.63) is 30.0 Å². The van der Waals surface area contributed by atoms with E-state index in [-0.39, 0.29) is 18.1 Å². The molecule has 1 aliphatic heterocycles. The molecule has 21 heavy (non-hydrogen) atoms. The Balaban J connectivity index is 1.62. The summed E-state index contributed by atoms with van der Waals surface area (Å²) >= 11 is 0. The van der Waals surface area contributed by atoms with Gasteiger partial charge in [-0.1, -0.05) is 12.1 Å². The fraction of sp³-hybridized carbons (Fsp3) is 0.500. The molecule has 0 bridgehead atoms. The molecule has 1 saturated carbocycles. The van der Waals surface area contributed by atoms with Gasteiger partial charge in [0.15, 0.2) is 0 Å². The molecule has 1 N–H and O–H groups in total. The predicted molar refractivity (Wildman–Crippen MR) is 79.1 cm³/mol. The van der Waals surface area contributed by atoms with Crippen LogP contribution in [0, 0.1) is 5.92 Å². The van der Waals surface area contributed by atoms with Gasteiger partial charge in [0.2, 0.25) is 0 Å². The number of carbonyl (C=O) groups excluding carboxylic acids is 1. The number of nitrogens with zero attached hydrogens (tertiary/aromatic N) is 2. The number of fused-ring (bicyclic) bond motifs is 1. The molecule has 2 atom stereocenters. The molecule has 4 rings (SSSR count). The molecular weight excluding hydrogens is 266 g/mol. The molecule has 2 aromatic rings. The average molecular weight is 285 g/mol. The van der Waals surface area contributed by atoms with Crippen LogP contribution in [0.25, 0.3) is 10.9 Å². The number of H-pyrrole nitrogens is 1. The Kier molecular flexibility index (Phi) is 2.96. The van der Waals surface area contributed by atoms with Crippen LogP contribution in [0.15, 0.2) is 24.4 Å². The van der Waals surface area contributed by atoms with Crippen molar-refractivity contribution in [2.75, 3.05) is 13.1 Å². The summed E-state index contributed by atoms with van der Waals surface area (Å²) < 4.78 is 5.98. The topological polar surface area (TPSA) is 58.2 Å². The maximum atomic E-state index is 12.9. The third kappa shape index (κ3) is 2.31. The van der Waals surface area contributed by atoms with Crippen molar-refractivity contribution in [3.63, 3.8) is 0 Å². The Morgan fingerprint density at radius 1 is 1.38 bits per heavy atom. The molecule has 0 radical (unpaired) electrons. The molecule has 2 unspecified atom stereocenters. The van der Waals surface area contributed by atoms with Gasteiger partial charge in [-0.3, -0.25) is 9.89 Å². The average Bonchev–Trinajstić information content (AvgIpc) is 3.23. The predicted octanol–water partition coefficient (Wildman–Crippen LogP) is 2.20. The number of hydrogen-bond acceptors (Lipinski definition) is 3. The van der Waals surface area contributed by atoms with E-state index < -0.39 is 0 Å². The quantitative estimate of drug-likeness (QED) is 0.920. The number of ether oxygens (including phenoxy) is 1. The minimum absolute atomic E-state index is 0.0747. The van der Waals surface area contributed by atoms with Crippen LogP contribution in [0.3, 0.4) is 0 Å². The van der Waals surface area contributed by atoms with Gasteiger partial charge in [-0.2, -0.15) is 5.10 Å². The maximum Gasteiger partial charge on any atom is 0.256 e. The highest BCUT2D eigenvalue weighted by Gasteiger charge is 2.38. The minimum Gasteiger partial charge on any atom is -0.371 e. The van der Waals surface area contributed by atoms with Gasteiger partial charge >= 0.3 is 0 Å². The molecule has 2 fully saturated rings. The van der Waals surface area contributed by atoms with Crippen LogP contribution in [0.1, 0.15) is 30.1 Å². The second kappa shape index (κ2) is 4.84. The molecule has 1 amide bonds. The van der Waals surface area contributed by atoms with Gasteiger partial charge < -0.3 is 9.64 Å². The van der Waals surface area contributed by atoms with E-state index in [0.29, 0.717) is 24.6 Å². The van der Waals surface area contributed by atoms with E-state index in [1.54, 1.807) is 6.20 Å². The van der Waals surface area contributed by atoms with Gasteiger partial charge in [0.05, 0.1) is 29.5 Å². The molecule has 1 saturated heterocycles. The minimum atomic E-state index is 0.0747. The molecule has 2 heterocycles. The van der Waals surface area contributed by atoms with Crippen LogP contribution >= 0.6 is 0 Å². The molecular formula is C16H19N3O2. The molecule has 110 valence electrons. The first-order valence-electron chi connectivity index (χ1n) is 7.59. The maximum absolute atomic E-state index is 12.9. The van der Waals surface area contributed by atoms with Crippen LogP contribution in [-0.4, -0.2) is 46.3 Å². The number of benzene rings is 1. The lowest BCUT2D eigenvalue weighted by Gasteiger charge is -2.37. The zero-order chi connectivity index (χ0) is 14.4. The first-order chi connectivity index (χ1) is 10.2. The number of para-hydroxylation sites is 1. The number of nitrogens with one attached hydrogen (secondary N) is 1. The van der Waals surface area contributed by atoms with E-state index in [1.807, 2.05) is 30.0 Å². The summed E-state index contributed by atoms with van der Waals surface area (Å²) in [7, 11) is 0. The number of morpholine rings is 1. The van der Waals surface area contributed by atoms with Gasteiger partial charge in [-0.05, 0) is 31.7 Å². The highest BCUT2D eigenvalue weighted by molar-refractivity contribution is 6.05. The summed E-state index contributed by atoms with van der Waals surface area (Å²) in [5.41, 5.74) is 1.53. The van der Waals surface area contributed by atoms with E-state index in [9.17, 15) is 4.79 Å². The Morgan fingerprint density at radius 2 is 2.24 bits per heavy atom. The first-order valence-corrected chi connectivity index (χ1v) is 7.59. The second-order valence-electron chi connectivity index (χ2n) is 6.17. The highest BCUT2D eigenvalue weighted by Crippen LogP contribution is 2.37. The van der Waals surface area contributed by atoms with Crippen molar-refractivity contribution in [1.82, 2.24) is 15.1 Å². The van der Waals surface area contributed by atoms with Crippen molar-refractivity contribution >= 4 is 16.8 Å². The van der Waals surface area contributed by atoms with Gasteiger partial charge in [-0.15, -0.1) is 0 Å². The fourth-order valence-electron chi connectivity index (χ4n) is 3.20. The number of carbonyl (C=O) groups is 1. The van der Waals surface area contributed by atoms with Crippen LogP contribution in [-0.2, 0) is 4.74 Å². The SMILES string of the molecule is CC1CN(C(=O)c2cccc3cn[nH]c23)CC(C2CC2)O1. The zero-order valence-electron chi connectivity index (χ0n) is 12.1. The molecule has 1 aromatic carbocycles. The van der Waals surface area contributed by atoms with Crippen molar-refractivity contribution < 1.29 is 9.53 Å². The summed E-state index contributed by atoms with van der Waals surface area (Å²) in [4.78, 5) is 14.8. The molecule has 2 aliphatic rings. The van der Waals surface area contributed by atoms with Crippen molar-refractivity contribution in [2.24, 2.45) is 5.92 Å². The van der Waals surface area contributed by atoms with E-state index in [4.69, 9.17) is 4.74 Å². The standard InChI is InChI=1S/C16H19N3O2/c1-10-8-19(9-14(21-10)11-5-6-11)16(20)13-4-2-3-12-7-17-18-15(12)13/h2-4,7,10-11,14H,5-6,8-9H2,1H3,(H,17,18). The monoisotopic (exact) mass is 285 g/mol. The summed E-state index contributed by atoms with van der Waals surface area (Å²) in [6.07, 6.45) is 4.53. The lowest BCUT2D eigenvalue weighted by molar-refractivity contribution is -0.0761. The van der Waals surface area contributed by atoms with E-state index in [2.05, 4.69) is 10.2 Å². The lowest BCUT2D eigenvalue weighted by atomic mass is 10.1. The summed E-state index contributed by atoms with van der Waals surface area (Å²) in [6, 6.07) is 5.74. The van der Waals surface area contributed by atoms with Crippen molar-refractivity contribution in [3.8, 4) is 0 Å². The van der Waals surface area contributed by atoms with E-state index in [0.717, 1.165) is 10.9 Å². The normalized spacial score (nSPS) is 26.2. The van der Waals surface area contributed by atoms with Crippen LogP contribution < -0.4 is 0 Å². The Morgan fingerprint density at radius 3 is 3.05 bits per heavy atom. The largest absolute Gasteiger partial charge is 0.371 e. The first kappa shape index (κ1) is 12.8. The molecule has 1 aromatic heterocycles. The Bertz CT molecular complexity index is 677. The van der Waals surface area contributed by atoms with Crippen LogP contribution in [0.5, 0.6) is 0 Å². The van der Waals surface area contributed by atoms with Crippen LogP contribution in [0.2, 0.25) is 0 Å². The highest BCUT2D eigenvalue weighted by atomic mass is 16.5. The smallest absolute Gasteiger partial charge is 0.256 e. The van der Waals surface area contributed by atoms with E-state index in [1.165, 1.54) is 12.8 Å². The number of aromatic nitrogens is 2. The molecule has 5 heteroatoms. The number of hydrogen-bond donors (Lipinski definition) is 1. The number of amides is 1. The molecule has 5 nitrogen and oxygen atoms in total. The third-order valence-electron chi connectivity index (χ3n) is 4.43. The van der Waals surface area contributed by atoms with Crippen LogP contribution in [0.4, 0.5) is 0 Å². The van der Waals surface area contributed by atoms with Gasteiger partial charge in [0.25, 0.3) is 5.91 Å². The van der Waals surface area contributed by atoms with Gasteiger partial charge in [0, 0.05) is 18.5 Å². The Labute approximate surface area is 123 Å². The second-order valence-corrected chi connectivity index (χ2v) is 6.17. The van der Waals surface area contributed by atoms with Crippen molar-refractivity contribution in [1.29, 1.82) is 0 Å². The van der Waals surface area contributed by atoms with Crippen molar-refractivity contribution in [2.45, 2.75) is 32.0 Å². The summed E-state index contributed by atoms with van der Waals surface area (Å²) in [5, 5.41) is 7.95.